The third-order valence-electron chi connectivity index (χ3n) is 5.49. The molecule has 0 bridgehead atoms. The summed E-state index contributed by atoms with van der Waals surface area (Å²) in [6, 6.07) is 11.2. The van der Waals surface area contributed by atoms with Crippen LogP contribution in [0.15, 0.2) is 41.2 Å². The molecule has 2 fully saturated rings. The van der Waals surface area contributed by atoms with Gasteiger partial charge in [0.1, 0.15) is 32.1 Å². The van der Waals surface area contributed by atoms with Gasteiger partial charge >= 0.3 is 5.17 Å². The molecule has 31 heavy (non-hydrogen) atoms. The Morgan fingerprint density at radius 3 is 2.61 bits per heavy atom. The van der Waals surface area contributed by atoms with Gasteiger partial charge in [0, 0.05) is 23.4 Å². The van der Waals surface area contributed by atoms with Gasteiger partial charge in [0.25, 0.3) is 11.3 Å². The first kappa shape index (κ1) is 20.4. The van der Waals surface area contributed by atoms with Gasteiger partial charge in [-0.05, 0) is 0 Å². The molecule has 9 nitrogen and oxygen atoms in total. The number of benzene rings is 1. The maximum Gasteiger partial charge on any atom is 0.399 e. The number of morpholine rings is 2. The van der Waals surface area contributed by atoms with Crippen LogP contribution in [-0.2, 0) is 15.2 Å². The number of amidine groups is 1. The van der Waals surface area contributed by atoms with Crippen molar-refractivity contribution in [2.75, 3.05) is 52.6 Å². The quantitative estimate of drug-likeness (QED) is 0.425. The minimum atomic E-state index is -0.163. The van der Waals surface area contributed by atoms with Gasteiger partial charge < -0.3 is 9.47 Å². The second-order valence-corrected chi connectivity index (χ2v) is 8.52. The van der Waals surface area contributed by atoms with Crippen LogP contribution in [0.1, 0.15) is 5.82 Å². The van der Waals surface area contributed by atoms with Gasteiger partial charge in [-0.3, -0.25) is 9.89 Å². The Balaban J connectivity index is 1.40. The summed E-state index contributed by atoms with van der Waals surface area (Å²) in [5.41, 5.74) is 1.37. The normalized spacial score (nSPS) is 17.9. The summed E-state index contributed by atoms with van der Waals surface area (Å²) in [4.78, 5) is 23.3. The Kier molecular flexibility index (Phi) is 6.12. The third-order valence-corrected chi connectivity index (χ3v) is 6.73. The molecule has 2 saturated heterocycles. The molecule has 0 unspecified atom stereocenters. The van der Waals surface area contributed by atoms with E-state index in [1.165, 1.54) is 14.6 Å². The summed E-state index contributed by atoms with van der Waals surface area (Å²) >= 11 is 1.77. The minimum Gasteiger partial charge on any atom is -0.370 e. The van der Waals surface area contributed by atoms with Crippen molar-refractivity contribution in [3.8, 4) is 11.3 Å². The number of quaternary nitrogens is 1. The van der Waals surface area contributed by atoms with E-state index in [2.05, 4.69) is 19.6 Å². The van der Waals surface area contributed by atoms with Gasteiger partial charge in [0.2, 0.25) is 0 Å². The smallest absolute Gasteiger partial charge is 0.370 e. The molecule has 2 aliphatic heterocycles. The van der Waals surface area contributed by atoms with Crippen molar-refractivity contribution in [2.45, 2.75) is 5.75 Å². The predicted octanol–water partition coefficient (Wildman–Crippen LogP) is -0.368. The monoisotopic (exact) mass is 442 g/mol. The first-order valence-electron chi connectivity index (χ1n) is 10.6. The molecule has 4 heterocycles. The number of hydrogen-bond donors (Lipinski definition) is 2. The molecular weight excluding hydrogens is 416 g/mol. The lowest BCUT2D eigenvalue weighted by molar-refractivity contribution is -0.838. The molecule has 3 aromatic rings. The van der Waals surface area contributed by atoms with E-state index in [1.807, 2.05) is 30.3 Å². The van der Waals surface area contributed by atoms with Crippen molar-refractivity contribution >= 4 is 22.7 Å². The van der Waals surface area contributed by atoms with Crippen molar-refractivity contribution in [1.82, 2.24) is 19.6 Å². The third kappa shape index (κ3) is 4.57. The minimum absolute atomic E-state index is 0.163. The first-order valence-corrected chi connectivity index (χ1v) is 11.6. The fraction of sp³-hybridized carbons (Fsp3) is 0.429. The highest BCUT2D eigenvalue weighted by atomic mass is 32.2. The molecule has 0 spiro atoms. The van der Waals surface area contributed by atoms with Crippen molar-refractivity contribution in [3.05, 3.63) is 52.6 Å². The molecule has 2 aliphatic rings. The Labute approximate surface area is 183 Å². The van der Waals surface area contributed by atoms with E-state index in [-0.39, 0.29) is 5.56 Å². The molecule has 0 atom stereocenters. The fourth-order valence-electron chi connectivity index (χ4n) is 3.90. The van der Waals surface area contributed by atoms with Gasteiger partial charge in [-0.1, -0.05) is 30.3 Å². The number of aromatic nitrogens is 4. The molecule has 10 heteroatoms. The Morgan fingerprint density at radius 2 is 1.84 bits per heavy atom. The second kappa shape index (κ2) is 9.31. The lowest BCUT2D eigenvalue weighted by Crippen LogP contribution is -3.16. The molecule has 0 amide bonds. The largest absolute Gasteiger partial charge is 0.399 e. The molecule has 5 rings (SSSR count). The summed E-state index contributed by atoms with van der Waals surface area (Å²) in [5.74, 6) is 1.77. The average molecular weight is 443 g/mol. The Hall–Kier alpha value is -2.53. The number of rotatable bonds is 3. The standard InChI is InChI=1S/C21H24N6O3S/c28-19-14-17(16-4-2-1-3-5-16)22-20-23-18(24-27(19)20)15-31-21(25-6-10-29-11-7-25)26-8-12-30-13-9-26/h1-5,14H,6-13,15H2/p+2. The van der Waals surface area contributed by atoms with Gasteiger partial charge in [0.15, 0.2) is 13.1 Å². The molecule has 2 aromatic heterocycles. The van der Waals surface area contributed by atoms with Gasteiger partial charge in [-0.25, -0.2) is 9.88 Å². The van der Waals surface area contributed by atoms with Crippen LogP contribution in [-0.4, -0.2) is 81.9 Å². The number of fused-ring (bicyclic) bond motifs is 1. The van der Waals surface area contributed by atoms with Crippen LogP contribution in [0.5, 0.6) is 0 Å². The van der Waals surface area contributed by atoms with Crippen molar-refractivity contribution in [2.24, 2.45) is 0 Å². The van der Waals surface area contributed by atoms with Gasteiger partial charge in [0.05, 0.1) is 24.7 Å². The topological polar surface area (TPSA) is 89.0 Å². The summed E-state index contributed by atoms with van der Waals surface area (Å²) in [6.45, 7) is 6.76. The van der Waals surface area contributed by atoms with Crippen LogP contribution in [0.25, 0.3) is 17.0 Å². The van der Waals surface area contributed by atoms with Crippen molar-refractivity contribution in [1.29, 1.82) is 0 Å². The van der Waals surface area contributed by atoms with Crippen LogP contribution in [0.3, 0.4) is 0 Å². The Morgan fingerprint density at radius 1 is 1.10 bits per heavy atom. The summed E-state index contributed by atoms with van der Waals surface area (Å²) < 4.78 is 14.9. The average Bonchev–Trinajstić information content (AvgIpc) is 3.25. The molecule has 0 aliphatic carbocycles. The van der Waals surface area contributed by atoms with Crippen LogP contribution < -0.4 is 10.5 Å². The highest BCUT2D eigenvalue weighted by molar-refractivity contribution is 8.12. The van der Waals surface area contributed by atoms with E-state index in [0.717, 1.165) is 64.0 Å². The first-order chi connectivity index (χ1) is 15.3. The van der Waals surface area contributed by atoms with Crippen LogP contribution in [0.2, 0.25) is 0 Å². The van der Waals surface area contributed by atoms with Gasteiger partial charge in [-0.15, -0.1) is 0 Å². The number of thioether (sulfide) groups is 1. The summed E-state index contributed by atoms with van der Waals surface area (Å²) in [5, 5.41) is 4.43. The van der Waals surface area contributed by atoms with E-state index in [1.54, 1.807) is 17.8 Å². The van der Waals surface area contributed by atoms with Crippen molar-refractivity contribution < 1.29 is 18.9 Å². The number of aromatic amines is 1. The maximum atomic E-state index is 12.6. The molecule has 162 valence electrons. The lowest BCUT2D eigenvalue weighted by Gasteiger charge is -2.23. The van der Waals surface area contributed by atoms with E-state index >= 15 is 0 Å². The lowest BCUT2D eigenvalue weighted by atomic mass is 10.1. The zero-order valence-corrected chi connectivity index (χ0v) is 18.1. The van der Waals surface area contributed by atoms with Crippen molar-refractivity contribution in [3.63, 3.8) is 0 Å². The fourth-order valence-corrected chi connectivity index (χ4v) is 5.07. The predicted molar refractivity (Wildman–Crippen MR) is 118 cm³/mol. The highest BCUT2D eigenvalue weighted by Gasteiger charge is 2.31. The molecule has 2 N–H and O–H groups in total. The molecule has 1 aromatic carbocycles. The van der Waals surface area contributed by atoms with E-state index in [9.17, 15) is 4.79 Å². The van der Waals surface area contributed by atoms with E-state index in [4.69, 9.17) is 9.47 Å². The Bertz CT molecular complexity index is 1130. The highest BCUT2D eigenvalue weighted by Crippen LogP contribution is 2.16. The van der Waals surface area contributed by atoms with Crippen LogP contribution in [0, 0.1) is 0 Å². The summed E-state index contributed by atoms with van der Waals surface area (Å²) in [7, 11) is 0. The molecule has 0 radical (unpaired) electrons. The molecule has 0 saturated carbocycles. The number of nitrogens with zero attached hydrogens (tertiary/aromatic N) is 4. The van der Waals surface area contributed by atoms with Gasteiger partial charge in [-0.2, -0.15) is 14.1 Å². The second-order valence-electron chi connectivity index (χ2n) is 7.56. The zero-order chi connectivity index (χ0) is 21.0. The van der Waals surface area contributed by atoms with Crippen LogP contribution in [0.4, 0.5) is 0 Å². The number of nitrogens with one attached hydrogen (secondary N) is 2. The molecular formula is C21H26N6O3S+2. The number of ether oxygens (including phenoxy) is 2. The number of hydrogen-bond acceptors (Lipinski definition) is 6. The summed E-state index contributed by atoms with van der Waals surface area (Å²) in [6.07, 6.45) is 0. The van der Waals surface area contributed by atoms with Crippen LogP contribution >= 0.6 is 11.8 Å². The van der Waals surface area contributed by atoms with E-state index in [0.29, 0.717) is 17.2 Å². The SMILES string of the molecule is O=c1cc(-c2ccccc2)nc2nc(CSC(=[N+]3CCOCC3)[NH+]3CCOCC3)[nH]n12. The number of H-pyrrole nitrogens is 1. The zero-order valence-electron chi connectivity index (χ0n) is 17.2. The maximum absolute atomic E-state index is 12.6. The van der Waals surface area contributed by atoms with E-state index < -0.39 is 0 Å².